The second-order valence-electron chi connectivity index (χ2n) is 4.33. The van der Waals surface area contributed by atoms with Crippen LogP contribution in [0.4, 0.5) is 17.1 Å². The van der Waals surface area contributed by atoms with Gasteiger partial charge in [-0.25, -0.2) is 0 Å². The predicted octanol–water partition coefficient (Wildman–Crippen LogP) is 3.33. The molecule has 0 aliphatic carbocycles. The van der Waals surface area contributed by atoms with Crippen LogP contribution in [-0.4, -0.2) is 16.6 Å². The van der Waals surface area contributed by atoms with Crippen LogP contribution in [0.1, 0.15) is 12.5 Å². The molecule has 106 valence electrons. The molecule has 0 heterocycles. The first-order valence-corrected chi connectivity index (χ1v) is 6.32. The van der Waals surface area contributed by atoms with Crippen molar-refractivity contribution in [1.82, 2.24) is 0 Å². The highest BCUT2D eigenvalue weighted by molar-refractivity contribution is 5.68. The number of benzene rings is 2. The first-order valence-electron chi connectivity index (χ1n) is 6.32. The molecule has 0 radical (unpaired) electrons. The third-order valence-corrected chi connectivity index (χ3v) is 3.07. The lowest BCUT2D eigenvalue weighted by atomic mass is 10.1. The Morgan fingerprint density at radius 1 is 1.29 bits per heavy atom. The molecule has 0 aliphatic rings. The molecular weight excluding hydrogens is 270 g/mol. The van der Waals surface area contributed by atoms with Crippen LogP contribution in [0.2, 0.25) is 0 Å². The lowest BCUT2D eigenvalue weighted by molar-refractivity contribution is -0.385. The van der Waals surface area contributed by atoms with Gasteiger partial charge >= 0.3 is 0 Å². The molecule has 0 fully saturated rings. The van der Waals surface area contributed by atoms with Crippen molar-refractivity contribution in [3.63, 3.8) is 0 Å². The smallest absolute Gasteiger partial charge is 0.287 e. The number of aromatic hydroxyl groups is 1. The van der Waals surface area contributed by atoms with Gasteiger partial charge in [0, 0.05) is 30.1 Å². The molecule has 0 amide bonds. The maximum Gasteiger partial charge on any atom is 0.287 e. The van der Waals surface area contributed by atoms with E-state index in [0.29, 0.717) is 12.2 Å². The number of phenols is 1. The van der Waals surface area contributed by atoms with Gasteiger partial charge < -0.3 is 10.0 Å². The minimum absolute atomic E-state index is 0.0103. The zero-order chi connectivity index (χ0) is 15.4. The fourth-order valence-electron chi connectivity index (χ4n) is 2.12. The quantitative estimate of drug-likeness (QED) is 0.686. The molecule has 1 N–H and O–H groups in total. The highest BCUT2D eigenvalue weighted by atomic mass is 16.6. The largest absolute Gasteiger partial charge is 0.508 e. The standard InChI is InChI=1S/C15H13N3O3/c1-2-17(12-4-3-5-14(19)9-12)13-6-7-15(18(20)21)11(8-13)10-16/h3-9,19H,2H2,1H3. The average Bonchev–Trinajstić information content (AvgIpc) is 2.47. The van der Waals surface area contributed by atoms with Crippen molar-refractivity contribution in [2.75, 3.05) is 11.4 Å². The third kappa shape index (κ3) is 2.92. The fraction of sp³-hybridized carbons (Fsp3) is 0.133. The van der Waals surface area contributed by atoms with Crippen molar-refractivity contribution in [2.45, 2.75) is 6.92 Å². The van der Waals surface area contributed by atoms with Crippen LogP contribution >= 0.6 is 0 Å². The molecule has 0 saturated carbocycles. The second-order valence-corrected chi connectivity index (χ2v) is 4.33. The average molecular weight is 283 g/mol. The monoisotopic (exact) mass is 283 g/mol. The Morgan fingerprint density at radius 3 is 2.57 bits per heavy atom. The summed E-state index contributed by atoms with van der Waals surface area (Å²) in [5.74, 6) is 0.133. The number of anilines is 2. The zero-order valence-electron chi connectivity index (χ0n) is 11.4. The van der Waals surface area contributed by atoms with Gasteiger partial charge in [0.2, 0.25) is 0 Å². The van der Waals surface area contributed by atoms with Crippen LogP contribution in [0.3, 0.4) is 0 Å². The predicted molar refractivity (Wildman–Crippen MR) is 78.6 cm³/mol. The highest BCUT2D eigenvalue weighted by Gasteiger charge is 2.16. The SMILES string of the molecule is CCN(c1cccc(O)c1)c1ccc([N+](=O)[O-])c(C#N)c1. The van der Waals surface area contributed by atoms with Crippen LogP contribution in [-0.2, 0) is 0 Å². The molecule has 0 atom stereocenters. The van der Waals surface area contributed by atoms with Crippen LogP contribution in [0, 0.1) is 21.4 Å². The summed E-state index contributed by atoms with van der Waals surface area (Å²) in [5, 5.41) is 29.5. The second kappa shape index (κ2) is 5.92. The van der Waals surface area contributed by atoms with Crippen molar-refractivity contribution >= 4 is 17.1 Å². The van der Waals surface area contributed by atoms with Crippen LogP contribution in [0.15, 0.2) is 42.5 Å². The van der Waals surface area contributed by atoms with E-state index < -0.39 is 4.92 Å². The minimum atomic E-state index is -0.576. The molecule has 2 aromatic carbocycles. The van der Waals surface area contributed by atoms with Crippen LogP contribution < -0.4 is 4.90 Å². The molecule has 2 aromatic rings. The Labute approximate surface area is 121 Å². The zero-order valence-corrected chi connectivity index (χ0v) is 11.4. The van der Waals surface area contributed by atoms with E-state index in [2.05, 4.69) is 0 Å². The summed E-state index contributed by atoms with van der Waals surface area (Å²) >= 11 is 0. The molecule has 0 bridgehead atoms. The van der Waals surface area contributed by atoms with E-state index in [1.165, 1.54) is 12.1 Å². The molecule has 6 nitrogen and oxygen atoms in total. The first kappa shape index (κ1) is 14.3. The molecule has 0 aromatic heterocycles. The van der Waals surface area contributed by atoms with Crippen LogP contribution in [0.25, 0.3) is 0 Å². The normalized spacial score (nSPS) is 9.90. The first-order chi connectivity index (χ1) is 10.1. The summed E-state index contributed by atoms with van der Waals surface area (Å²) in [6.45, 7) is 2.50. The van der Waals surface area contributed by atoms with E-state index >= 15 is 0 Å². The summed E-state index contributed by atoms with van der Waals surface area (Å²) in [7, 11) is 0. The number of rotatable bonds is 4. The van der Waals surface area contributed by atoms with E-state index in [1.54, 1.807) is 24.3 Å². The summed E-state index contributed by atoms with van der Waals surface area (Å²) in [5.41, 5.74) is 1.20. The van der Waals surface area contributed by atoms with Crippen molar-refractivity contribution in [2.24, 2.45) is 0 Å². The Morgan fingerprint density at radius 2 is 2.00 bits per heavy atom. The van der Waals surface area contributed by atoms with Gasteiger partial charge in [-0.2, -0.15) is 5.26 Å². The van der Waals surface area contributed by atoms with Crippen molar-refractivity contribution in [3.8, 4) is 11.8 Å². The van der Waals surface area contributed by atoms with E-state index in [9.17, 15) is 15.2 Å². The Kier molecular flexibility index (Phi) is 4.05. The van der Waals surface area contributed by atoms with E-state index in [-0.39, 0.29) is 17.0 Å². The lowest BCUT2D eigenvalue weighted by Gasteiger charge is -2.23. The number of phenolic OH excluding ortho intramolecular Hbond substituents is 1. The molecule has 0 aliphatic heterocycles. The number of nitro benzene ring substituents is 1. The van der Waals surface area contributed by atoms with Gasteiger partial charge in [0.1, 0.15) is 17.4 Å². The van der Waals surface area contributed by atoms with E-state index in [0.717, 1.165) is 5.69 Å². The fourth-order valence-corrected chi connectivity index (χ4v) is 2.12. The van der Waals surface area contributed by atoms with E-state index in [1.807, 2.05) is 24.0 Å². The van der Waals surface area contributed by atoms with Crippen molar-refractivity contribution < 1.29 is 10.0 Å². The van der Waals surface area contributed by atoms with Gasteiger partial charge in [-0.3, -0.25) is 10.1 Å². The molecule has 0 spiro atoms. The molecule has 2 rings (SSSR count). The summed E-state index contributed by atoms with van der Waals surface area (Å²) in [6, 6.07) is 12.9. The highest BCUT2D eigenvalue weighted by Crippen LogP contribution is 2.30. The van der Waals surface area contributed by atoms with Crippen molar-refractivity contribution in [1.29, 1.82) is 5.26 Å². The number of nitro groups is 1. The topological polar surface area (TPSA) is 90.4 Å². The number of nitrogens with zero attached hydrogens (tertiary/aromatic N) is 3. The lowest BCUT2D eigenvalue weighted by Crippen LogP contribution is -2.16. The van der Waals surface area contributed by atoms with Gasteiger partial charge in [0.05, 0.1) is 4.92 Å². The van der Waals surface area contributed by atoms with Crippen LogP contribution in [0.5, 0.6) is 5.75 Å². The Hall–Kier alpha value is -3.07. The number of hydrogen-bond acceptors (Lipinski definition) is 5. The summed E-state index contributed by atoms with van der Waals surface area (Å²) in [6.07, 6.45) is 0. The molecule has 6 heteroatoms. The molecule has 21 heavy (non-hydrogen) atoms. The molecular formula is C15H13N3O3. The maximum absolute atomic E-state index is 10.9. The van der Waals surface area contributed by atoms with Gasteiger partial charge in [0.15, 0.2) is 0 Å². The van der Waals surface area contributed by atoms with Gasteiger partial charge in [-0.15, -0.1) is 0 Å². The molecule has 0 saturated heterocycles. The van der Waals surface area contributed by atoms with E-state index in [4.69, 9.17) is 5.26 Å². The minimum Gasteiger partial charge on any atom is -0.508 e. The number of hydrogen-bond donors (Lipinski definition) is 1. The number of nitriles is 1. The summed E-state index contributed by atoms with van der Waals surface area (Å²) < 4.78 is 0. The van der Waals surface area contributed by atoms with Gasteiger partial charge in [-0.1, -0.05) is 6.07 Å². The Balaban J connectivity index is 2.49. The Bertz CT molecular complexity index is 722. The van der Waals surface area contributed by atoms with Gasteiger partial charge in [0.25, 0.3) is 5.69 Å². The van der Waals surface area contributed by atoms with Gasteiger partial charge in [-0.05, 0) is 31.2 Å². The molecule has 0 unspecified atom stereocenters. The maximum atomic E-state index is 10.9. The third-order valence-electron chi connectivity index (χ3n) is 3.07. The summed E-state index contributed by atoms with van der Waals surface area (Å²) in [4.78, 5) is 12.1. The van der Waals surface area contributed by atoms with Crippen molar-refractivity contribution in [3.05, 3.63) is 58.1 Å².